The summed E-state index contributed by atoms with van der Waals surface area (Å²) in [6.45, 7) is 4.78. The van der Waals surface area contributed by atoms with Crippen LogP contribution in [-0.4, -0.2) is 13.2 Å². The Kier molecular flexibility index (Phi) is 4.44. The van der Waals surface area contributed by atoms with Gasteiger partial charge in [-0.05, 0) is 24.0 Å². The van der Waals surface area contributed by atoms with Crippen LogP contribution in [0, 0.1) is 0 Å². The fraction of sp³-hybridized carbons (Fsp3) is 0.500. The van der Waals surface area contributed by atoms with Crippen molar-refractivity contribution in [3.8, 4) is 0 Å². The number of rotatable bonds is 5. The van der Waals surface area contributed by atoms with E-state index >= 15 is 0 Å². The lowest BCUT2D eigenvalue weighted by atomic mass is 10.0. The maximum atomic E-state index is 11.9. The smallest absolute Gasteiger partial charge is 0.0911 e. The second kappa shape index (κ2) is 5.63. The van der Waals surface area contributed by atoms with Crippen molar-refractivity contribution in [2.75, 3.05) is 18.5 Å². The van der Waals surface area contributed by atoms with E-state index in [0.29, 0.717) is 18.9 Å². The number of nitrogens with one attached hydrogen (secondary N) is 1. The van der Waals surface area contributed by atoms with Gasteiger partial charge in [0.1, 0.15) is 0 Å². The van der Waals surface area contributed by atoms with Crippen LogP contribution in [0.3, 0.4) is 0 Å². The fourth-order valence-corrected chi connectivity index (χ4v) is 1.45. The molecule has 0 atom stereocenters. The number of benzene rings is 1. The molecule has 0 aliphatic heterocycles. The molecular formula is C12H18FN. The number of para-hydroxylation sites is 1. The van der Waals surface area contributed by atoms with E-state index in [0.717, 1.165) is 5.69 Å². The first-order chi connectivity index (χ1) is 6.75. The van der Waals surface area contributed by atoms with Crippen LogP contribution in [0.1, 0.15) is 31.7 Å². The highest BCUT2D eigenvalue weighted by Crippen LogP contribution is 2.23. The lowest BCUT2D eigenvalue weighted by Gasteiger charge is -2.13. The van der Waals surface area contributed by atoms with Crippen LogP contribution in [-0.2, 0) is 0 Å². The lowest BCUT2D eigenvalue weighted by molar-refractivity contribution is 0.481. The molecule has 2 heteroatoms. The summed E-state index contributed by atoms with van der Waals surface area (Å²) in [7, 11) is 0. The molecule has 1 aromatic rings. The molecule has 0 bridgehead atoms. The number of halogens is 1. The maximum absolute atomic E-state index is 11.9. The molecule has 0 fully saturated rings. The molecule has 1 aromatic carbocycles. The Morgan fingerprint density at radius 3 is 2.64 bits per heavy atom. The van der Waals surface area contributed by atoms with E-state index in [4.69, 9.17) is 0 Å². The van der Waals surface area contributed by atoms with E-state index < -0.39 is 0 Å². The molecule has 1 N–H and O–H groups in total. The van der Waals surface area contributed by atoms with Crippen molar-refractivity contribution in [2.45, 2.75) is 26.2 Å². The number of hydrogen-bond acceptors (Lipinski definition) is 1. The lowest BCUT2D eigenvalue weighted by Crippen LogP contribution is -2.05. The van der Waals surface area contributed by atoms with Crippen molar-refractivity contribution < 1.29 is 4.39 Å². The second-order valence-corrected chi connectivity index (χ2v) is 3.71. The largest absolute Gasteiger partial charge is 0.385 e. The monoisotopic (exact) mass is 195 g/mol. The van der Waals surface area contributed by atoms with Crippen LogP contribution in [0.2, 0.25) is 0 Å². The molecule has 0 saturated carbocycles. The van der Waals surface area contributed by atoms with Gasteiger partial charge in [0.25, 0.3) is 0 Å². The highest BCUT2D eigenvalue weighted by Gasteiger charge is 2.04. The molecule has 0 aliphatic rings. The molecule has 0 heterocycles. The number of alkyl halides is 1. The minimum Gasteiger partial charge on any atom is -0.385 e. The highest BCUT2D eigenvalue weighted by molar-refractivity contribution is 5.52. The van der Waals surface area contributed by atoms with Crippen LogP contribution >= 0.6 is 0 Å². The minimum atomic E-state index is -0.253. The molecule has 0 saturated heterocycles. The zero-order valence-electron chi connectivity index (χ0n) is 8.89. The van der Waals surface area contributed by atoms with Gasteiger partial charge in [0.15, 0.2) is 0 Å². The van der Waals surface area contributed by atoms with Gasteiger partial charge in [-0.3, -0.25) is 4.39 Å². The molecular weight excluding hydrogens is 177 g/mol. The van der Waals surface area contributed by atoms with E-state index in [1.807, 2.05) is 18.2 Å². The summed E-state index contributed by atoms with van der Waals surface area (Å²) in [5, 5.41) is 3.26. The fourth-order valence-electron chi connectivity index (χ4n) is 1.45. The summed E-state index contributed by atoms with van der Waals surface area (Å²) in [5.74, 6) is 0.504. The number of anilines is 1. The third kappa shape index (κ3) is 3.02. The molecule has 0 aliphatic carbocycles. The highest BCUT2D eigenvalue weighted by atomic mass is 19.1. The van der Waals surface area contributed by atoms with Crippen molar-refractivity contribution in [3.63, 3.8) is 0 Å². The second-order valence-electron chi connectivity index (χ2n) is 3.71. The van der Waals surface area contributed by atoms with E-state index in [2.05, 4.69) is 25.2 Å². The van der Waals surface area contributed by atoms with Crippen molar-refractivity contribution >= 4 is 5.69 Å². The SMILES string of the molecule is CC(C)c1ccccc1NCCCF. The van der Waals surface area contributed by atoms with Gasteiger partial charge < -0.3 is 5.32 Å². The Labute approximate surface area is 85.3 Å². The first-order valence-corrected chi connectivity index (χ1v) is 5.14. The summed E-state index contributed by atoms with van der Waals surface area (Å²) in [6, 6.07) is 8.20. The van der Waals surface area contributed by atoms with Gasteiger partial charge in [0.05, 0.1) is 6.67 Å². The van der Waals surface area contributed by atoms with Crippen LogP contribution in [0.4, 0.5) is 10.1 Å². The molecule has 0 amide bonds. The van der Waals surface area contributed by atoms with Crippen LogP contribution in [0.15, 0.2) is 24.3 Å². The van der Waals surface area contributed by atoms with Gasteiger partial charge >= 0.3 is 0 Å². The van der Waals surface area contributed by atoms with Gasteiger partial charge in [-0.2, -0.15) is 0 Å². The first kappa shape index (κ1) is 11.0. The molecule has 1 nitrogen and oxygen atoms in total. The summed E-state index contributed by atoms with van der Waals surface area (Å²) >= 11 is 0. The zero-order valence-corrected chi connectivity index (χ0v) is 8.89. The summed E-state index contributed by atoms with van der Waals surface area (Å²) < 4.78 is 11.9. The minimum absolute atomic E-state index is 0.253. The number of hydrogen-bond donors (Lipinski definition) is 1. The van der Waals surface area contributed by atoms with E-state index in [1.165, 1.54) is 5.56 Å². The van der Waals surface area contributed by atoms with Crippen molar-refractivity contribution in [3.05, 3.63) is 29.8 Å². The normalized spacial score (nSPS) is 10.6. The average Bonchev–Trinajstić information content (AvgIpc) is 2.19. The van der Waals surface area contributed by atoms with E-state index in [9.17, 15) is 4.39 Å². The van der Waals surface area contributed by atoms with Crippen molar-refractivity contribution in [1.82, 2.24) is 0 Å². The Morgan fingerprint density at radius 1 is 1.29 bits per heavy atom. The van der Waals surface area contributed by atoms with Crippen LogP contribution in [0.5, 0.6) is 0 Å². The van der Waals surface area contributed by atoms with Crippen LogP contribution in [0.25, 0.3) is 0 Å². The van der Waals surface area contributed by atoms with Gasteiger partial charge in [-0.15, -0.1) is 0 Å². The third-order valence-electron chi connectivity index (χ3n) is 2.21. The average molecular weight is 195 g/mol. The molecule has 0 aromatic heterocycles. The molecule has 0 unspecified atom stereocenters. The predicted molar refractivity (Wildman–Crippen MR) is 59.6 cm³/mol. The predicted octanol–water partition coefficient (Wildman–Crippen LogP) is 3.58. The molecule has 0 spiro atoms. The Balaban J connectivity index is 2.64. The van der Waals surface area contributed by atoms with Gasteiger partial charge in [0, 0.05) is 12.2 Å². The van der Waals surface area contributed by atoms with E-state index in [-0.39, 0.29) is 6.67 Å². The standard InChI is InChI=1S/C12H18FN/c1-10(2)11-6-3-4-7-12(11)14-9-5-8-13/h3-4,6-7,10,14H,5,8-9H2,1-2H3. The summed E-state index contributed by atoms with van der Waals surface area (Å²) in [6.07, 6.45) is 0.576. The van der Waals surface area contributed by atoms with Gasteiger partial charge in [-0.1, -0.05) is 32.0 Å². The Hall–Kier alpha value is -1.05. The molecule has 0 radical (unpaired) electrons. The molecule has 14 heavy (non-hydrogen) atoms. The third-order valence-corrected chi connectivity index (χ3v) is 2.21. The maximum Gasteiger partial charge on any atom is 0.0911 e. The summed E-state index contributed by atoms with van der Waals surface area (Å²) in [4.78, 5) is 0. The van der Waals surface area contributed by atoms with Gasteiger partial charge in [0.2, 0.25) is 0 Å². The first-order valence-electron chi connectivity index (χ1n) is 5.14. The van der Waals surface area contributed by atoms with Crippen molar-refractivity contribution in [1.29, 1.82) is 0 Å². The quantitative estimate of drug-likeness (QED) is 0.708. The Bertz CT molecular complexity index is 271. The van der Waals surface area contributed by atoms with E-state index in [1.54, 1.807) is 0 Å². The summed E-state index contributed by atoms with van der Waals surface area (Å²) in [5.41, 5.74) is 2.43. The topological polar surface area (TPSA) is 12.0 Å². The van der Waals surface area contributed by atoms with Crippen LogP contribution < -0.4 is 5.32 Å². The zero-order chi connectivity index (χ0) is 10.4. The molecule has 78 valence electrons. The Morgan fingerprint density at radius 2 is 2.00 bits per heavy atom. The molecule has 1 rings (SSSR count). The van der Waals surface area contributed by atoms with Gasteiger partial charge in [-0.25, -0.2) is 0 Å². The van der Waals surface area contributed by atoms with Crippen molar-refractivity contribution in [2.24, 2.45) is 0 Å².